The fourth-order valence-electron chi connectivity index (χ4n) is 1.03. The van der Waals surface area contributed by atoms with Gasteiger partial charge in [-0.15, -0.1) is 0 Å². The van der Waals surface area contributed by atoms with Gasteiger partial charge in [-0.25, -0.2) is 0 Å². The molecule has 0 aliphatic rings. The topological polar surface area (TPSA) is 64.3 Å². The molecule has 0 aliphatic heterocycles. The summed E-state index contributed by atoms with van der Waals surface area (Å²) in [6.45, 7) is 1.25. The third-order valence-corrected chi connectivity index (χ3v) is 2.12. The number of primary amides is 1. The molecule has 5 heteroatoms. The molecule has 1 aromatic rings. The summed E-state index contributed by atoms with van der Waals surface area (Å²) in [4.78, 5) is 10.8. The van der Waals surface area contributed by atoms with E-state index in [1.165, 1.54) is 6.07 Å². The van der Waals surface area contributed by atoms with Gasteiger partial charge in [0.15, 0.2) is 0 Å². The van der Waals surface area contributed by atoms with Crippen LogP contribution in [-0.4, -0.2) is 26.1 Å². The number of halogens is 1. The van der Waals surface area contributed by atoms with E-state index in [-0.39, 0.29) is 0 Å². The predicted octanol–water partition coefficient (Wildman–Crippen LogP) is 1.04. The summed E-state index contributed by atoms with van der Waals surface area (Å²) in [5.41, 5.74) is 5.48. The Kier molecular flexibility index (Phi) is 4.39. The maximum atomic E-state index is 10.8. The van der Waals surface area contributed by atoms with E-state index in [0.717, 1.165) is 6.54 Å². The molecule has 82 valence electrons. The van der Waals surface area contributed by atoms with Crippen molar-refractivity contribution in [1.29, 1.82) is 0 Å². The molecule has 1 aromatic carbocycles. The standard InChI is InChI=1S/C10H13ClN2O2/c1-13-4-5-15-9-3-2-7(10(12)14)6-8(9)11/h2-3,6,13H,4-5H2,1H3,(H2,12,14). The second-order valence-electron chi connectivity index (χ2n) is 2.96. The molecule has 0 saturated carbocycles. The van der Waals surface area contributed by atoms with E-state index in [2.05, 4.69) is 5.32 Å². The third-order valence-electron chi connectivity index (χ3n) is 1.83. The maximum Gasteiger partial charge on any atom is 0.248 e. The maximum absolute atomic E-state index is 10.8. The van der Waals surface area contributed by atoms with E-state index >= 15 is 0 Å². The first-order valence-electron chi connectivity index (χ1n) is 4.52. The number of amides is 1. The second-order valence-corrected chi connectivity index (χ2v) is 3.37. The van der Waals surface area contributed by atoms with E-state index in [1.807, 2.05) is 7.05 Å². The summed E-state index contributed by atoms with van der Waals surface area (Å²) in [7, 11) is 1.83. The average Bonchev–Trinajstić information content (AvgIpc) is 2.20. The fraction of sp³-hybridized carbons (Fsp3) is 0.300. The predicted molar refractivity (Wildman–Crippen MR) is 59.4 cm³/mol. The van der Waals surface area contributed by atoms with E-state index in [4.69, 9.17) is 22.1 Å². The van der Waals surface area contributed by atoms with Gasteiger partial charge in [0.2, 0.25) is 5.91 Å². The van der Waals surface area contributed by atoms with Crippen molar-refractivity contribution < 1.29 is 9.53 Å². The van der Waals surface area contributed by atoms with Crippen LogP contribution in [-0.2, 0) is 0 Å². The van der Waals surface area contributed by atoms with Gasteiger partial charge in [0.25, 0.3) is 0 Å². The molecule has 15 heavy (non-hydrogen) atoms. The molecule has 0 spiro atoms. The van der Waals surface area contributed by atoms with Gasteiger partial charge < -0.3 is 15.8 Å². The van der Waals surface area contributed by atoms with Crippen molar-refractivity contribution in [1.82, 2.24) is 5.32 Å². The molecule has 1 amide bonds. The van der Waals surface area contributed by atoms with Crippen LogP contribution in [0.15, 0.2) is 18.2 Å². The molecule has 0 aromatic heterocycles. The molecule has 0 bridgehead atoms. The molecule has 1 rings (SSSR count). The molecular weight excluding hydrogens is 216 g/mol. The summed E-state index contributed by atoms with van der Waals surface area (Å²) < 4.78 is 5.37. The van der Waals surface area contributed by atoms with Crippen LogP contribution in [0.5, 0.6) is 5.75 Å². The summed E-state index contributed by atoms with van der Waals surface area (Å²) in [6, 6.07) is 4.72. The highest BCUT2D eigenvalue weighted by molar-refractivity contribution is 6.32. The first kappa shape index (κ1) is 11.8. The van der Waals surface area contributed by atoms with E-state index in [0.29, 0.717) is 22.9 Å². The van der Waals surface area contributed by atoms with E-state index in [9.17, 15) is 4.79 Å². The molecule has 0 aliphatic carbocycles. The van der Waals surface area contributed by atoms with E-state index in [1.54, 1.807) is 12.1 Å². The summed E-state index contributed by atoms with van der Waals surface area (Å²) in [5.74, 6) is 0.0515. The lowest BCUT2D eigenvalue weighted by Crippen LogP contribution is -2.16. The van der Waals surface area contributed by atoms with Crippen LogP contribution in [0, 0.1) is 0 Å². The number of hydrogen-bond donors (Lipinski definition) is 2. The molecule has 0 heterocycles. The highest BCUT2D eigenvalue weighted by Gasteiger charge is 2.05. The highest BCUT2D eigenvalue weighted by atomic mass is 35.5. The minimum atomic E-state index is -0.501. The lowest BCUT2D eigenvalue weighted by Gasteiger charge is -2.08. The molecular formula is C10H13ClN2O2. The quantitative estimate of drug-likeness (QED) is 0.740. The second kappa shape index (κ2) is 5.58. The number of rotatable bonds is 5. The lowest BCUT2D eigenvalue weighted by atomic mass is 10.2. The number of hydrogen-bond acceptors (Lipinski definition) is 3. The Hall–Kier alpha value is -1.26. The van der Waals surface area contributed by atoms with Crippen LogP contribution in [0.1, 0.15) is 10.4 Å². The van der Waals surface area contributed by atoms with Gasteiger partial charge in [0.05, 0.1) is 5.02 Å². The van der Waals surface area contributed by atoms with Crippen molar-refractivity contribution in [2.45, 2.75) is 0 Å². The zero-order chi connectivity index (χ0) is 11.3. The van der Waals surface area contributed by atoms with Crippen molar-refractivity contribution in [2.75, 3.05) is 20.2 Å². The number of carbonyl (C=O) groups is 1. The molecule has 3 N–H and O–H groups in total. The van der Waals surface area contributed by atoms with Gasteiger partial charge in [-0.1, -0.05) is 11.6 Å². The molecule has 0 unspecified atom stereocenters. The summed E-state index contributed by atoms with van der Waals surface area (Å²) >= 11 is 5.90. The van der Waals surface area contributed by atoms with Crippen molar-refractivity contribution in [3.05, 3.63) is 28.8 Å². The highest BCUT2D eigenvalue weighted by Crippen LogP contribution is 2.25. The van der Waals surface area contributed by atoms with Crippen LogP contribution < -0.4 is 15.8 Å². The minimum Gasteiger partial charge on any atom is -0.491 e. The van der Waals surface area contributed by atoms with E-state index < -0.39 is 5.91 Å². The molecule has 0 atom stereocenters. The zero-order valence-corrected chi connectivity index (χ0v) is 9.17. The van der Waals surface area contributed by atoms with Crippen molar-refractivity contribution in [3.8, 4) is 5.75 Å². The number of ether oxygens (including phenoxy) is 1. The average molecular weight is 229 g/mol. The molecule has 0 fully saturated rings. The van der Waals surface area contributed by atoms with Gasteiger partial charge in [0.1, 0.15) is 12.4 Å². The Balaban J connectivity index is 2.70. The Morgan fingerprint density at radius 1 is 1.60 bits per heavy atom. The van der Waals surface area contributed by atoms with Gasteiger partial charge in [0, 0.05) is 12.1 Å². The van der Waals surface area contributed by atoms with Gasteiger partial charge >= 0.3 is 0 Å². The van der Waals surface area contributed by atoms with Crippen molar-refractivity contribution in [2.24, 2.45) is 5.73 Å². The number of carbonyl (C=O) groups excluding carboxylic acids is 1. The normalized spacial score (nSPS) is 10.0. The molecule has 0 radical (unpaired) electrons. The summed E-state index contributed by atoms with van der Waals surface area (Å²) in [5, 5.41) is 3.34. The van der Waals surface area contributed by atoms with Crippen LogP contribution >= 0.6 is 11.6 Å². The smallest absolute Gasteiger partial charge is 0.248 e. The number of likely N-dealkylation sites (N-methyl/N-ethyl adjacent to an activating group) is 1. The van der Waals surface area contributed by atoms with Crippen molar-refractivity contribution in [3.63, 3.8) is 0 Å². The Morgan fingerprint density at radius 3 is 2.87 bits per heavy atom. The largest absolute Gasteiger partial charge is 0.491 e. The Bertz CT molecular complexity index is 355. The van der Waals surface area contributed by atoms with Crippen molar-refractivity contribution >= 4 is 17.5 Å². The van der Waals surface area contributed by atoms with Gasteiger partial charge in [-0.3, -0.25) is 4.79 Å². The molecule has 0 saturated heterocycles. The fourth-order valence-corrected chi connectivity index (χ4v) is 1.27. The van der Waals surface area contributed by atoms with Crippen LogP contribution in [0.25, 0.3) is 0 Å². The van der Waals surface area contributed by atoms with Gasteiger partial charge in [-0.2, -0.15) is 0 Å². The monoisotopic (exact) mass is 228 g/mol. The first-order valence-corrected chi connectivity index (χ1v) is 4.89. The van der Waals surface area contributed by atoms with Crippen LogP contribution in [0.3, 0.4) is 0 Å². The van der Waals surface area contributed by atoms with Crippen LogP contribution in [0.2, 0.25) is 5.02 Å². The van der Waals surface area contributed by atoms with Gasteiger partial charge in [-0.05, 0) is 25.2 Å². The zero-order valence-electron chi connectivity index (χ0n) is 8.42. The first-order chi connectivity index (χ1) is 7.15. The SMILES string of the molecule is CNCCOc1ccc(C(N)=O)cc1Cl. The third kappa shape index (κ3) is 3.42. The summed E-state index contributed by atoms with van der Waals surface area (Å²) in [6.07, 6.45) is 0. The number of benzene rings is 1. The lowest BCUT2D eigenvalue weighted by molar-refractivity contribution is 0.100. The van der Waals surface area contributed by atoms with Crippen LogP contribution in [0.4, 0.5) is 0 Å². The minimum absolute atomic E-state index is 0.376. The number of nitrogens with two attached hydrogens (primary N) is 1. The Labute approximate surface area is 93.4 Å². The Morgan fingerprint density at radius 2 is 2.33 bits per heavy atom. The number of nitrogens with one attached hydrogen (secondary N) is 1. The molecule has 4 nitrogen and oxygen atoms in total.